The summed E-state index contributed by atoms with van der Waals surface area (Å²) in [6, 6.07) is 0. The van der Waals surface area contributed by atoms with Crippen molar-refractivity contribution in [2.24, 2.45) is 10.4 Å². The molecule has 1 aliphatic carbocycles. The van der Waals surface area contributed by atoms with Gasteiger partial charge < -0.3 is 5.32 Å². The molecule has 0 aromatic heterocycles. The molecule has 2 nitrogen and oxygen atoms in total. The number of thioether (sulfide) groups is 2. The van der Waals surface area contributed by atoms with Crippen molar-refractivity contribution >= 4 is 28.7 Å². The summed E-state index contributed by atoms with van der Waals surface area (Å²) in [5.74, 6) is 2.60. The SMILES string of the molecule is CSCCCCCNC1=NCC2(CCCC2)CS1. The molecule has 1 saturated carbocycles. The van der Waals surface area contributed by atoms with Gasteiger partial charge in [-0.1, -0.05) is 31.0 Å². The maximum atomic E-state index is 4.76. The van der Waals surface area contributed by atoms with Crippen molar-refractivity contribution in [3.63, 3.8) is 0 Å². The average Bonchev–Trinajstić information content (AvgIpc) is 2.85. The third kappa shape index (κ3) is 4.37. The lowest BCUT2D eigenvalue weighted by Crippen LogP contribution is -2.33. The Labute approximate surface area is 120 Å². The minimum absolute atomic E-state index is 0.578. The van der Waals surface area contributed by atoms with Crippen LogP contribution in [-0.4, -0.2) is 36.0 Å². The van der Waals surface area contributed by atoms with Crippen molar-refractivity contribution in [1.29, 1.82) is 0 Å². The predicted octanol–water partition coefficient (Wildman–Crippen LogP) is 3.77. The topological polar surface area (TPSA) is 24.4 Å². The maximum Gasteiger partial charge on any atom is 0.156 e. The standard InChI is InChI=1S/C14H26N2S2/c1-17-10-6-2-5-9-15-13-16-11-14(12-18-13)7-3-4-8-14/h2-12H2,1H3,(H,15,16). The highest BCUT2D eigenvalue weighted by molar-refractivity contribution is 8.13. The molecule has 18 heavy (non-hydrogen) atoms. The number of hydrogen-bond acceptors (Lipinski definition) is 4. The van der Waals surface area contributed by atoms with Crippen LogP contribution in [0.15, 0.2) is 4.99 Å². The van der Waals surface area contributed by atoms with Crippen LogP contribution in [0.25, 0.3) is 0 Å². The molecule has 0 amide bonds. The van der Waals surface area contributed by atoms with Gasteiger partial charge in [-0.15, -0.1) is 0 Å². The molecular formula is C14H26N2S2. The zero-order valence-corrected chi connectivity index (χ0v) is 13.2. The van der Waals surface area contributed by atoms with E-state index in [0.717, 1.165) is 13.1 Å². The Hall–Kier alpha value is 0.170. The number of amidine groups is 1. The predicted molar refractivity (Wildman–Crippen MR) is 85.9 cm³/mol. The van der Waals surface area contributed by atoms with Gasteiger partial charge >= 0.3 is 0 Å². The minimum atomic E-state index is 0.578. The zero-order valence-electron chi connectivity index (χ0n) is 11.5. The van der Waals surface area contributed by atoms with Crippen LogP contribution < -0.4 is 5.32 Å². The van der Waals surface area contributed by atoms with Crippen LogP contribution in [0.2, 0.25) is 0 Å². The molecule has 0 radical (unpaired) electrons. The van der Waals surface area contributed by atoms with E-state index in [0.29, 0.717) is 5.41 Å². The Morgan fingerprint density at radius 2 is 2.11 bits per heavy atom. The largest absolute Gasteiger partial charge is 0.365 e. The smallest absolute Gasteiger partial charge is 0.156 e. The maximum absolute atomic E-state index is 4.76. The van der Waals surface area contributed by atoms with E-state index in [4.69, 9.17) is 4.99 Å². The Bertz CT molecular complexity index is 273. The number of unbranched alkanes of at least 4 members (excludes halogenated alkanes) is 2. The summed E-state index contributed by atoms with van der Waals surface area (Å²) in [5, 5.41) is 4.72. The first-order chi connectivity index (χ1) is 8.85. The van der Waals surface area contributed by atoms with Gasteiger partial charge in [0.2, 0.25) is 0 Å². The molecule has 104 valence electrons. The van der Waals surface area contributed by atoms with Crippen LogP contribution >= 0.6 is 23.5 Å². The Kier molecular flexibility index (Phi) is 6.22. The lowest BCUT2D eigenvalue weighted by molar-refractivity contribution is 0.358. The summed E-state index contributed by atoms with van der Waals surface area (Å²) in [7, 11) is 0. The molecule has 1 heterocycles. The summed E-state index contributed by atoms with van der Waals surface area (Å²) in [6.07, 6.45) is 11.8. The van der Waals surface area contributed by atoms with E-state index < -0.39 is 0 Å². The highest BCUT2D eigenvalue weighted by Crippen LogP contribution is 2.43. The molecular weight excluding hydrogens is 260 g/mol. The summed E-state index contributed by atoms with van der Waals surface area (Å²) < 4.78 is 0. The van der Waals surface area contributed by atoms with Gasteiger partial charge in [0.25, 0.3) is 0 Å². The molecule has 2 rings (SSSR count). The van der Waals surface area contributed by atoms with Crippen LogP contribution in [0.1, 0.15) is 44.9 Å². The summed E-state index contributed by atoms with van der Waals surface area (Å²) in [5.41, 5.74) is 0.578. The van der Waals surface area contributed by atoms with E-state index in [2.05, 4.69) is 11.6 Å². The van der Waals surface area contributed by atoms with Crippen molar-refractivity contribution < 1.29 is 0 Å². The molecule has 1 N–H and O–H groups in total. The third-order valence-corrected chi connectivity index (χ3v) is 6.04. The van der Waals surface area contributed by atoms with Gasteiger partial charge in [0, 0.05) is 18.8 Å². The number of aliphatic imine (C=N–C) groups is 1. The lowest BCUT2D eigenvalue weighted by Gasteiger charge is -2.31. The van der Waals surface area contributed by atoms with E-state index in [-0.39, 0.29) is 0 Å². The van der Waals surface area contributed by atoms with Crippen LogP contribution in [0.4, 0.5) is 0 Å². The molecule has 0 unspecified atom stereocenters. The van der Waals surface area contributed by atoms with Crippen molar-refractivity contribution in [2.75, 3.05) is 30.9 Å². The number of nitrogens with zero attached hydrogens (tertiary/aromatic N) is 1. The molecule has 0 aromatic rings. The molecule has 0 atom stereocenters. The van der Waals surface area contributed by atoms with Crippen LogP contribution in [0.5, 0.6) is 0 Å². The van der Waals surface area contributed by atoms with Gasteiger partial charge in [0.05, 0.1) is 0 Å². The Morgan fingerprint density at radius 1 is 1.28 bits per heavy atom. The van der Waals surface area contributed by atoms with Gasteiger partial charge in [0.15, 0.2) is 5.17 Å². The van der Waals surface area contributed by atoms with Crippen molar-refractivity contribution in [1.82, 2.24) is 5.32 Å². The normalized spacial score (nSPS) is 22.2. The van der Waals surface area contributed by atoms with E-state index in [1.54, 1.807) is 0 Å². The van der Waals surface area contributed by atoms with Gasteiger partial charge in [-0.3, -0.25) is 4.99 Å². The van der Waals surface area contributed by atoms with Crippen molar-refractivity contribution in [2.45, 2.75) is 44.9 Å². The first-order valence-electron chi connectivity index (χ1n) is 7.25. The second-order valence-electron chi connectivity index (χ2n) is 5.60. The zero-order chi connectivity index (χ0) is 12.7. The van der Waals surface area contributed by atoms with Crippen LogP contribution in [-0.2, 0) is 0 Å². The molecule has 0 bridgehead atoms. The number of rotatable bonds is 6. The lowest BCUT2D eigenvalue weighted by atomic mass is 9.89. The monoisotopic (exact) mass is 286 g/mol. The summed E-state index contributed by atoms with van der Waals surface area (Å²) in [6.45, 7) is 2.18. The average molecular weight is 287 g/mol. The Balaban J connectivity index is 1.58. The molecule has 4 heteroatoms. The fourth-order valence-corrected chi connectivity index (χ4v) is 4.51. The molecule has 1 fully saturated rings. The highest BCUT2D eigenvalue weighted by atomic mass is 32.2. The molecule has 1 aliphatic heterocycles. The van der Waals surface area contributed by atoms with Crippen molar-refractivity contribution in [3.05, 3.63) is 0 Å². The van der Waals surface area contributed by atoms with Crippen LogP contribution in [0.3, 0.4) is 0 Å². The molecule has 2 aliphatic rings. The fourth-order valence-electron chi connectivity index (χ4n) is 2.83. The molecule has 0 saturated heterocycles. The van der Waals surface area contributed by atoms with Crippen LogP contribution in [0, 0.1) is 5.41 Å². The van der Waals surface area contributed by atoms with Crippen molar-refractivity contribution in [3.8, 4) is 0 Å². The van der Waals surface area contributed by atoms with E-state index in [9.17, 15) is 0 Å². The number of nitrogens with one attached hydrogen (secondary N) is 1. The van der Waals surface area contributed by atoms with E-state index in [1.807, 2.05) is 23.5 Å². The minimum Gasteiger partial charge on any atom is -0.365 e. The first-order valence-corrected chi connectivity index (χ1v) is 9.63. The molecule has 1 spiro atoms. The Morgan fingerprint density at radius 3 is 2.78 bits per heavy atom. The van der Waals surface area contributed by atoms with Gasteiger partial charge in [-0.2, -0.15) is 11.8 Å². The first kappa shape index (κ1) is 14.6. The second-order valence-corrected chi connectivity index (χ2v) is 7.55. The summed E-state index contributed by atoms with van der Waals surface area (Å²) in [4.78, 5) is 4.76. The molecule has 0 aromatic carbocycles. The van der Waals surface area contributed by atoms with E-state index >= 15 is 0 Å². The van der Waals surface area contributed by atoms with Gasteiger partial charge in [-0.05, 0) is 43.1 Å². The fraction of sp³-hybridized carbons (Fsp3) is 0.929. The van der Waals surface area contributed by atoms with E-state index in [1.165, 1.54) is 61.6 Å². The quantitative estimate of drug-likeness (QED) is 0.752. The third-order valence-electron chi connectivity index (χ3n) is 4.04. The van der Waals surface area contributed by atoms with Gasteiger partial charge in [0.1, 0.15) is 0 Å². The summed E-state index contributed by atoms with van der Waals surface area (Å²) >= 11 is 3.91. The van der Waals surface area contributed by atoms with Gasteiger partial charge in [-0.25, -0.2) is 0 Å². The highest BCUT2D eigenvalue weighted by Gasteiger charge is 2.36. The number of hydrogen-bond donors (Lipinski definition) is 1. The second kappa shape index (κ2) is 7.68.